The predicted octanol–water partition coefficient (Wildman–Crippen LogP) is 15.9. The molecular formula is C49H94O5. The van der Waals surface area contributed by atoms with Crippen molar-refractivity contribution in [2.24, 2.45) is 0 Å². The van der Waals surface area contributed by atoms with Crippen LogP contribution in [-0.4, -0.2) is 37.9 Å². The van der Waals surface area contributed by atoms with Crippen molar-refractivity contribution in [1.29, 1.82) is 0 Å². The van der Waals surface area contributed by atoms with Gasteiger partial charge in [0.25, 0.3) is 0 Å². The quantitative estimate of drug-likeness (QED) is 0.0351. The summed E-state index contributed by atoms with van der Waals surface area (Å²) in [6, 6.07) is 0. The van der Waals surface area contributed by atoms with Crippen molar-refractivity contribution in [2.45, 2.75) is 271 Å². The molecule has 0 N–H and O–H groups in total. The molecule has 54 heavy (non-hydrogen) atoms. The van der Waals surface area contributed by atoms with Crippen molar-refractivity contribution < 1.29 is 23.8 Å². The standard InChI is InChI=1S/C49H94O5/c1-4-7-10-13-16-19-22-23-24-25-26-29-32-35-38-41-44-52-45-47(54-49(51)43-40-37-34-31-28-21-18-15-12-9-6-3)46-53-48(50)42-39-36-33-30-27-20-17-14-11-8-5-2/h23-24,47H,4-22,25-46H2,1-3H3/b24-23+. The summed E-state index contributed by atoms with van der Waals surface area (Å²) in [5.41, 5.74) is 0. The SMILES string of the molecule is CCCCCCCC/C=C/CCCCCCCCOCC(COC(=O)CCCCCCCCCCCCC)OC(=O)CCCCCCCCCCCCC. The zero-order valence-electron chi connectivity index (χ0n) is 36.8. The third kappa shape index (κ3) is 43.4. The number of esters is 2. The molecule has 0 spiro atoms. The van der Waals surface area contributed by atoms with Gasteiger partial charge in [0.2, 0.25) is 0 Å². The summed E-state index contributed by atoms with van der Waals surface area (Å²) < 4.78 is 17.3. The van der Waals surface area contributed by atoms with E-state index in [0.717, 1.165) is 38.5 Å². The molecule has 0 heterocycles. The fourth-order valence-electron chi connectivity index (χ4n) is 7.15. The molecule has 0 aliphatic heterocycles. The molecule has 0 aromatic carbocycles. The number of hydrogen-bond acceptors (Lipinski definition) is 5. The van der Waals surface area contributed by atoms with Crippen LogP contribution in [-0.2, 0) is 23.8 Å². The molecule has 0 saturated heterocycles. The van der Waals surface area contributed by atoms with Crippen molar-refractivity contribution in [3.05, 3.63) is 12.2 Å². The first-order valence-corrected chi connectivity index (χ1v) is 24.2. The number of allylic oxidation sites excluding steroid dienone is 2. The maximum Gasteiger partial charge on any atom is 0.306 e. The van der Waals surface area contributed by atoms with Crippen molar-refractivity contribution in [3.63, 3.8) is 0 Å². The van der Waals surface area contributed by atoms with Gasteiger partial charge in [0, 0.05) is 19.4 Å². The smallest absolute Gasteiger partial charge is 0.306 e. The summed E-state index contributed by atoms with van der Waals surface area (Å²) >= 11 is 0. The molecule has 0 radical (unpaired) electrons. The van der Waals surface area contributed by atoms with Gasteiger partial charge in [-0.3, -0.25) is 9.59 Å². The second-order valence-corrected chi connectivity index (χ2v) is 16.4. The van der Waals surface area contributed by atoms with Crippen molar-refractivity contribution >= 4 is 11.9 Å². The highest BCUT2D eigenvalue weighted by atomic mass is 16.6. The predicted molar refractivity (Wildman–Crippen MR) is 233 cm³/mol. The molecule has 320 valence electrons. The Balaban J connectivity index is 4.19. The van der Waals surface area contributed by atoms with E-state index in [1.165, 1.54) is 193 Å². The lowest BCUT2D eigenvalue weighted by Gasteiger charge is -2.18. The molecule has 0 rings (SSSR count). The van der Waals surface area contributed by atoms with E-state index in [1.54, 1.807) is 0 Å². The maximum absolute atomic E-state index is 12.7. The molecule has 0 saturated carbocycles. The normalized spacial score (nSPS) is 12.1. The molecule has 0 aromatic rings. The number of ether oxygens (including phenoxy) is 3. The summed E-state index contributed by atoms with van der Waals surface area (Å²) in [5.74, 6) is -0.385. The minimum atomic E-state index is -0.527. The lowest BCUT2D eigenvalue weighted by Crippen LogP contribution is -2.30. The second-order valence-electron chi connectivity index (χ2n) is 16.4. The Hall–Kier alpha value is -1.36. The molecule has 5 nitrogen and oxygen atoms in total. The molecular weight excluding hydrogens is 669 g/mol. The number of unbranched alkanes of at least 4 members (excludes halogenated alkanes) is 32. The Morgan fingerprint density at radius 3 is 1.13 bits per heavy atom. The van der Waals surface area contributed by atoms with E-state index >= 15 is 0 Å². The minimum absolute atomic E-state index is 0.0915. The first-order chi connectivity index (χ1) is 26.6. The van der Waals surface area contributed by atoms with Gasteiger partial charge < -0.3 is 14.2 Å². The van der Waals surface area contributed by atoms with Crippen LogP contribution in [0.3, 0.4) is 0 Å². The van der Waals surface area contributed by atoms with Gasteiger partial charge in [0.15, 0.2) is 6.10 Å². The van der Waals surface area contributed by atoms with Crippen molar-refractivity contribution in [2.75, 3.05) is 19.8 Å². The van der Waals surface area contributed by atoms with Crippen LogP contribution in [0, 0.1) is 0 Å². The molecule has 0 aliphatic carbocycles. The van der Waals surface area contributed by atoms with Gasteiger partial charge in [-0.2, -0.15) is 0 Å². The first-order valence-electron chi connectivity index (χ1n) is 24.2. The van der Waals surface area contributed by atoms with E-state index in [-0.39, 0.29) is 18.5 Å². The molecule has 5 heteroatoms. The first kappa shape index (κ1) is 52.6. The van der Waals surface area contributed by atoms with Crippen LogP contribution in [0.4, 0.5) is 0 Å². The van der Waals surface area contributed by atoms with Gasteiger partial charge in [-0.25, -0.2) is 0 Å². The highest BCUT2D eigenvalue weighted by Gasteiger charge is 2.17. The number of carbonyl (C=O) groups is 2. The number of hydrogen-bond donors (Lipinski definition) is 0. The molecule has 0 aliphatic rings. The minimum Gasteiger partial charge on any atom is -0.462 e. The largest absolute Gasteiger partial charge is 0.462 e. The van der Waals surface area contributed by atoms with Gasteiger partial charge in [-0.05, 0) is 44.9 Å². The third-order valence-corrected chi connectivity index (χ3v) is 10.8. The summed E-state index contributed by atoms with van der Waals surface area (Å²) in [5, 5.41) is 0. The van der Waals surface area contributed by atoms with Crippen LogP contribution < -0.4 is 0 Å². The number of rotatable bonds is 45. The van der Waals surface area contributed by atoms with Crippen LogP contribution in [0.15, 0.2) is 12.2 Å². The Labute approximate surface area is 337 Å². The van der Waals surface area contributed by atoms with Crippen LogP contribution in [0.5, 0.6) is 0 Å². The van der Waals surface area contributed by atoms with Crippen LogP contribution in [0.25, 0.3) is 0 Å². The van der Waals surface area contributed by atoms with E-state index in [1.807, 2.05) is 0 Å². The average Bonchev–Trinajstić information content (AvgIpc) is 3.17. The monoisotopic (exact) mass is 763 g/mol. The van der Waals surface area contributed by atoms with Crippen LogP contribution in [0.1, 0.15) is 265 Å². The summed E-state index contributed by atoms with van der Waals surface area (Å²) in [4.78, 5) is 25.2. The fourth-order valence-corrected chi connectivity index (χ4v) is 7.15. The van der Waals surface area contributed by atoms with Gasteiger partial charge >= 0.3 is 11.9 Å². The number of carbonyl (C=O) groups excluding carboxylic acids is 2. The maximum atomic E-state index is 12.7. The molecule has 0 amide bonds. The van der Waals surface area contributed by atoms with Crippen LogP contribution in [0.2, 0.25) is 0 Å². The van der Waals surface area contributed by atoms with Gasteiger partial charge in [0.1, 0.15) is 6.61 Å². The molecule has 0 fully saturated rings. The summed E-state index contributed by atoms with van der Waals surface area (Å²) in [6.07, 6.45) is 50.6. The second kappa shape index (κ2) is 46.0. The molecule has 0 aromatic heterocycles. The average molecular weight is 763 g/mol. The van der Waals surface area contributed by atoms with E-state index in [4.69, 9.17) is 14.2 Å². The zero-order chi connectivity index (χ0) is 39.3. The zero-order valence-corrected chi connectivity index (χ0v) is 36.8. The van der Waals surface area contributed by atoms with Gasteiger partial charge in [-0.1, -0.05) is 219 Å². The third-order valence-electron chi connectivity index (χ3n) is 10.8. The highest BCUT2D eigenvalue weighted by molar-refractivity contribution is 5.70. The van der Waals surface area contributed by atoms with Crippen molar-refractivity contribution in [1.82, 2.24) is 0 Å². The molecule has 1 unspecified atom stereocenters. The molecule has 0 bridgehead atoms. The van der Waals surface area contributed by atoms with E-state index < -0.39 is 6.10 Å². The van der Waals surface area contributed by atoms with Gasteiger partial charge in [-0.15, -0.1) is 0 Å². The fraction of sp³-hybridized carbons (Fsp3) is 0.918. The Bertz CT molecular complexity index is 780. The topological polar surface area (TPSA) is 61.8 Å². The van der Waals surface area contributed by atoms with Gasteiger partial charge in [0.05, 0.1) is 6.61 Å². The lowest BCUT2D eigenvalue weighted by molar-refractivity contribution is -0.163. The Kier molecular flexibility index (Phi) is 44.9. The van der Waals surface area contributed by atoms with E-state index in [9.17, 15) is 9.59 Å². The summed E-state index contributed by atoms with van der Waals surface area (Å²) in [6.45, 7) is 7.84. The highest BCUT2D eigenvalue weighted by Crippen LogP contribution is 2.15. The Morgan fingerprint density at radius 2 is 0.722 bits per heavy atom. The molecule has 1 atom stereocenters. The summed E-state index contributed by atoms with van der Waals surface area (Å²) in [7, 11) is 0. The van der Waals surface area contributed by atoms with E-state index in [2.05, 4.69) is 32.9 Å². The Morgan fingerprint density at radius 1 is 0.389 bits per heavy atom. The van der Waals surface area contributed by atoms with Crippen LogP contribution >= 0.6 is 0 Å². The van der Waals surface area contributed by atoms with Crippen molar-refractivity contribution in [3.8, 4) is 0 Å². The van der Waals surface area contributed by atoms with E-state index in [0.29, 0.717) is 26.1 Å². The lowest BCUT2D eigenvalue weighted by atomic mass is 10.1.